The summed E-state index contributed by atoms with van der Waals surface area (Å²) in [7, 11) is 1.52. The molecule has 0 aliphatic carbocycles. The molecule has 0 radical (unpaired) electrons. The number of nitrogens with zero attached hydrogens (tertiary/aromatic N) is 2. The van der Waals surface area contributed by atoms with Gasteiger partial charge in [0.2, 0.25) is 5.82 Å². The van der Waals surface area contributed by atoms with Crippen molar-refractivity contribution in [3.8, 4) is 17.0 Å². The first-order chi connectivity index (χ1) is 11.6. The highest BCUT2D eigenvalue weighted by molar-refractivity contribution is 6.07. The van der Waals surface area contributed by atoms with E-state index in [4.69, 9.17) is 9.37 Å². The lowest BCUT2D eigenvalue weighted by Crippen LogP contribution is -2.14. The van der Waals surface area contributed by atoms with E-state index in [1.807, 2.05) is 32.0 Å². The van der Waals surface area contributed by atoms with Crippen LogP contribution in [0.3, 0.4) is 0 Å². The smallest absolute Gasteiger partial charge is 0.260 e. The number of aryl methyl sites for hydroxylation is 2. The normalized spacial score (nSPS) is 10.5. The van der Waals surface area contributed by atoms with Crippen LogP contribution < -0.4 is 10.1 Å². The quantitative estimate of drug-likeness (QED) is 0.793. The topological polar surface area (TPSA) is 77.2 Å². The van der Waals surface area contributed by atoms with Crippen molar-refractivity contribution < 1.29 is 14.2 Å². The molecule has 0 aliphatic heterocycles. The number of hydrogen-bond acceptors (Lipinski definition) is 5. The van der Waals surface area contributed by atoms with Gasteiger partial charge in [0.25, 0.3) is 5.91 Å². The Morgan fingerprint density at radius 2 is 1.92 bits per heavy atom. The maximum atomic E-state index is 12.5. The van der Waals surface area contributed by atoms with Crippen LogP contribution >= 0.6 is 0 Å². The first kappa shape index (κ1) is 15.7. The molecule has 1 heterocycles. The van der Waals surface area contributed by atoms with Crippen molar-refractivity contribution >= 4 is 11.7 Å². The van der Waals surface area contributed by atoms with Gasteiger partial charge in [-0.3, -0.25) is 4.79 Å². The van der Waals surface area contributed by atoms with Crippen molar-refractivity contribution in [3.63, 3.8) is 0 Å². The monoisotopic (exact) mass is 323 g/mol. The number of benzene rings is 2. The van der Waals surface area contributed by atoms with Crippen LogP contribution in [-0.4, -0.2) is 23.3 Å². The number of hydrogen-bond donors (Lipinski definition) is 1. The number of ether oxygens (including phenoxy) is 1. The number of nitrogens with one attached hydrogen (secondary N) is 1. The fraction of sp³-hybridized carbons (Fsp3) is 0.167. The minimum atomic E-state index is -0.338. The maximum absolute atomic E-state index is 12.5. The standard InChI is InChI=1S/C18H17N3O3/c1-11-8-9-12(2)14(10-11)16-17(21-24-20-16)19-18(22)13-6-4-5-7-15(13)23-3/h4-10H,1-3H3,(H,19,21,22). The summed E-state index contributed by atoms with van der Waals surface area (Å²) in [4.78, 5) is 12.5. The third-order valence-corrected chi connectivity index (χ3v) is 3.72. The second kappa shape index (κ2) is 6.54. The Balaban J connectivity index is 1.94. The fourth-order valence-electron chi connectivity index (χ4n) is 2.45. The van der Waals surface area contributed by atoms with Crippen molar-refractivity contribution in [3.05, 3.63) is 59.2 Å². The van der Waals surface area contributed by atoms with Crippen LogP contribution in [0, 0.1) is 13.8 Å². The first-order valence-electron chi connectivity index (χ1n) is 7.44. The zero-order valence-electron chi connectivity index (χ0n) is 13.7. The van der Waals surface area contributed by atoms with E-state index in [1.54, 1.807) is 24.3 Å². The second-order valence-corrected chi connectivity index (χ2v) is 5.43. The van der Waals surface area contributed by atoms with E-state index in [0.717, 1.165) is 16.7 Å². The predicted molar refractivity (Wildman–Crippen MR) is 90.2 cm³/mol. The predicted octanol–water partition coefficient (Wildman–Crippen LogP) is 3.61. The molecule has 0 saturated heterocycles. The zero-order chi connectivity index (χ0) is 17.1. The minimum absolute atomic E-state index is 0.277. The molecular weight excluding hydrogens is 306 g/mol. The molecule has 1 N–H and O–H groups in total. The van der Waals surface area contributed by atoms with Gasteiger partial charge in [-0.15, -0.1) is 0 Å². The van der Waals surface area contributed by atoms with E-state index in [2.05, 4.69) is 15.6 Å². The summed E-state index contributed by atoms with van der Waals surface area (Å²) in [5.41, 5.74) is 3.88. The molecule has 6 heteroatoms. The van der Waals surface area contributed by atoms with Gasteiger partial charge >= 0.3 is 0 Å². The van der Waals surface area contributed by atoms with Crippen LogP contribution in [0.5, 0.6) is 5.75 Å². The van der Waals surface area contributed by atoms with Crippen molar-refractivity contribution in [1.29, 1.82) is 0 Å². The summed E-state index contributed by atoms with van der Waals surface area (Å²) in [5.74, 6) is 0.425. The van der Waals surface area contributed by atoms with Gasteiger partial charge in [0.1, 0.15) is 5.75 Å². The highest BCUT2D eigenvalue weighted by Gasteiger charge is 2.19. The Morgan fingerprint density at radius 1 is 1.12 bits per heavy atom. The largest absolute Gasteiger partial charge is 0.496 e. The molecule has 0 spiro atoms. The van der Waals surface area contributed by atoms with Gasteiger partial charge in [-0.25, -0.2) is 4.63 Å². The van der Waals surface area contributed by atoms with Gasteiger partial charge < -0.3 is 10.1 Å². The maximum Gasteiger partial charge on any atom is 0.260 e. The molecule has 3 aromatic rings. The van der Waals surface area contributed by atoms with Gasteiger partial charge in [0, 0.05) is 5.56 Å². The van der Waals surface area contributed by atoms with E-state index in [9.17, 15) is 4.79 Å². The summed E-state index contributed by atoms with van der Waals surface area (Å²) >= 11 is 0. The van der Waals surface area contributed by atoms with Crippen LogP contribution in [0.1, 0.15) is 21.5 Å². The Morgan fingerprint density at radius 3 is 2.71 bits per heavy atom. The van der Waals surface area contributed by atoms with Crippen molar-refractivity contribution in [2.24, 2.45) is 0 Å². The number of carbonyl (C=O) groups excluding carboxylic acids is 1. The van der Waals surface area contributed by atoms with Crippen LogP contribution in [-0.2, 0) is 0 Å². The van der Waals surface area contributed by atoms with E-state index in [-0.39, 0.29) is 11.7 Å². The Labute approximate surface area is 139 Å². The summed E-state index contributed by atoms with van der Waals surface area (Å²) in [6, 6.07) is 13.0. The fourth-order valence-corrected chi connectivity index (χ4v) is 2.45. The molecule has 24 heavy (non-hydrogen) atoms. The molecule has 0 atom stereocenters. The lowest BCUT2D eigenvalue weighted by Gasteiger charge is -2.09. The van der Waals surface area contributed by atoms with E-state index in [0.29, 0.717) is 17.0 Å². The first-order valence-corrected chi connectivity index (χ1v) is 7.44. The number of rotatable bonds is 4. The van der Waals surface area contributed by atoms with E-state index < -0.39 is 0 Å². The lowest BCUT2D eigenvalue weighted by molar-refractivity contribution is 0.102. The zero-order valence-corrected chi connectivity index (χ0v) is 13.7. The van der Waals surface area contributed by atoms with Crippen LogP contribution in [0.25, 0.3) is 11.3 Å². The number of carbonyl (C=O) groups is 1. The van der Waals surface area contributed by atoms with Gasteiger partial charge in [-0.05, 0) is 47.9 Å². The average molecular weight is 323 g/mol. The van der Waals surface area contributed by atoms with E-state index >= 15 is 0 Å². The number of anilines is 1. The van der Waals surface area contributed by atoms with Crippen LogP contribution in [0.2, 0.25) is 0 Å². The Bertz CT molecular complexity index is 887. The molecular formula is C18H17N3O3. The van der Waals surface area contributed by atoms with Crippen molar-refractivity contribution in [2.45, 2.75) is 13.8 Å². The summed E-state index contributed by atoms with van der Waals surface area (Å²) in [6.07, 6.45) is 0. The van der Waals surface area contributed by atoms with E-state index in [1.165, 1.54) is 7.11 Å². The summed E-state index contributed by atoms with van der Waals surface area (Å²) in [5, 5.41) is 10.5. The molecule has 1 aromatic heterocycles. The van der Waals surface area contributed by atoms with Gasteiger partial charge in [0.05, 0.1) is 12.7 Å². The molecule has 0 saturated carbocycles. The number of amides is 1. The SMILES string of the molecule is COc1ccccc1C(=O)Nc1nonc1-c1cc(C)ccc1C. The Kier molecular flexibility index (Phi) is 4.29. The highest BCUT2D eigenvalue weighted by Crippen LogP contribution is 2.29. The van der Waals surface area contributed by atoms with Crippen LogP contribution in [0.4, 0.5) is 5.82 Å². The van der Waals surface area contributed by atoms with Crippen molar-refractivity contribution in [1.82, 2.24) is 10.3 Å². The molecule has 0 unspecified atom stereocenters. The number of aromatic nitrogens is 2. The molecule has 2 aromatic carbocycles. The van der Waals surface area contributed by atoms with Crippen LogP contribution in [0.15, 0.2) is 47.1 Å². The summed E-state index contributed by atoms with van der Waals surface area (Å²) < 4.78 is 10.1. The Hall–Kier alpha value is -3.15. The van der Waals surface area contributed by atoms with Gasteiger partial charge in [-0.2, -0.15) is 0 Å². The minimum Gasteiger partial charge on any atom is -0.496 e. The molecule has 1 amide bonds. The van der Waals surface area contributed by atoms with Gasteiger partial charge in [-0.1, -0.05) is 29.8 Å². The molecule has 6 nitrogen and oxygen atoms in total. The average Bonchev–Trinajstić information content (AvgIpc) is 3.04. The second-order valence-electron chi connectivity index (χ2n) is 5.43. The third kappa shape index (κ3) is 2.99. The third-order valence-electron chi connectivity index (χ3n) is 3.72. The summed E-state index contributed by atoms with van der Waals surface area (Å²) in [6.45, 7) is 3.96. The highest BCUT2D eigenvalue weighted by atomic mass is 16.6. The molecule has 0 aliphatic rings. The number of methoxy groups -OCH3 is 1. The van der Waals surface area contributed by atoms with Gasteiger partial charge in [0.15, 0.2) is 5.69 Å². The molecule has 122 valence electrons. The number of para-hydroxylation sites is 1. The molecule has 0 bridgehead atoms. The lowest BCUT2D eigenvalue weighted by atomic mass is 10.0. The van der Waals surface area contributed by atoms with Crippen molar-refractivity contribution in [2.75, 3.05) is 12.4 Å². The molecule has 3 rings (SSSR count). The molecule has 0 fully saturated rings.